The molecule has 0 aliphatic carbocycles. The number of hydrogen-bond donors (Lipinski definition) is 1. The minimum atomic E-state index is 0.450. The van der Waals surface area contributed by atoms with E-state index in [1.807, 2.05) is 37.4 Å². The number of nitrogens with zero attached hydrogens (tertiary/aromatic N) is 1. The fraction of sp³-hybridized carbons (Fsp3) is 0.214. The van der Waals surface area contributed by atoms with Crippen molar-refractivity contribution in [2.24, 2.45) is 0 Å². The molecule has 19 heavy (non-hydrogen) atoms. The van der Waals surface area contributed by atoms with Crippen molar-refractivity contribution in [3.63, 3.8) is 0 Å². The van der Waals surface area contributed by atoms with Crippen molar-refractivity contribution in [2.75, 3.05) is 7.05 Å². The molecule has 0 aliphatic rings. The molecule has 1 aromatic carbocycles. The summed E-state index contributed by atoms with van der Waals surface area (Å²) in [6, 6.07) is 9.80. The standard InChI is InChI=1S/C14H14BrClN2O/c1-17-7-11-6-13(16)14(18-8-11)19-9-10-2-4-12(15)5-3-10/h2-6,8,17H,7,9H2,1H3. The molecule has 0 bridgehead atoms. The van der Waals surface area contributed by atoms with Crippen LogP contribution in [0.4, 0.5) is 0 Å². The van der Waals surface area contributed by atoms with Gasteiger partial charge in [0, 0.05) is 17.2 Å². The first-order valence-corrected chi connectivity index (χ1v) is 7.02. The molecule has 2 rings (SSSR count). The Labute approximate surface area is 126 Å². The number of nitrogens with one attached hydrogen (secondary N) is 1. The lowest BCUT2D eigenvalue weighted by atomic mass is 10.2. The molecule has 0 saturated carbocycles. The summed E-state index contributed by atoms with van der Waals surface area (Å²) in [5.74, 6) is 0.462. The molecule has 0 amide bonds. The van der Waals surface area contributed by atoms with Gasteiger partial charge in [0.05, 0.1) is 0 Å². The Bertz CT molecular complexity index is 546. The highest BCUT2D eigenvalue weighted by molar-refractivity contribution is 9.10. The first-order chi connectivity index (χ1) is 9.19. The molecule has 1 heterocycles. The summed E-state index contributed by atoms with van der Waals surface area (Å²) in [6.45, 7) is 1.19. The molecule has 0 fully saturated rings. The van der Waals surface area contributed by atoms with Crippen molar-refractivity contribution in [3.8, 4) is 5.88 Å². The normalized spacial score (nSPS) is 10.5. The minimum Gasteiger partial charge on any atom is -0.472 e. The monoisotopic (exact) mass is 340 g/mol. The smallest absolute Gasteiger partial charge is 0.232 e. The van der Waals surface area contributed by atoms with Crippen LogP contribution in [-0.4, -0.2) is 12.0 Å². The van der Waals surface area contributed by atoms with Gasteiger partial charge in [0.2, 0.25) is 5.88 Å². The number of aromatic nitrogens is 1. The van der Waals surface area contributed by atoms with Gasteiger partial charge in [-0.1, -0.05) is 39.7 Å². The van der Waals surface area contributed by atoms with Gasteiger partial charge in [-0.05, 0) is 36.4 Å². The molecular formula is C14H14BrClN2O. The van der Waals surface area contributed by atoms with Gasteiger partial charge in [-0.2, -0.15) is 0 Å². The molecule has 0 atom stereocenters. The average molecular weight is 342 g/mol. The summed E-state index contributed by atoms with van der Waals surface area (Å²) < 4.78 is 6.66. The molecule has 100 valence electrons. The Hall–Kier alpha value is -1.10. The van der Waals surface area contributed by atoms with E-state index >= 15 is 0 Å². The number of benzene rings is 1. The summed E-state index contributed by atoms with van der Waals surface area (Å²) in [5, 5.41) is 3.58. The number of hydrogen-bond acceptors (Lipinski definition) is 3. The second-order valence-corrected chi connectivity index (χ2v) is 5.40. The topological polar surface area (TPSA) is 34.2 Å². The van der Waals surface area contributed by atoms with E-state index in [0.717, 1.165) is 22.1 Å². The van der Waals surface area contributed by atoms with Gasteiger partial charge in [0.25, 0.3) is 0 Å². The van der Waals surface area contributed by atoms with E-state index in [1.54, 1.807) is 6.20 Å². The maximum Gasteiger partial charge on any atom is 0.232 e. The number of ether oxygens (including phenoxy) is 1. The van der Waals surface area contributed by atoms with Gasteiger partial charge in [-0.3, -0.25) is 0 Å². The maximum atomic E-state index is 6.13. The molecule has 0 radical (unpaired) electrons. The second kappa shape index (κ2) is 6.89. The molecule has 5 heteroatoms. The van der Waals surface area contributed by atoms with E-state index in [9.17, 15) is 0 Å². The Morgan fingerprint density at radius 2 is 2.00 bits per heavy atom. The minimum absolute atomic E-state index is 0.450. The van der Waals surface area contributed by atoms with Gasteiger partial charge >= 0.3 is 0 Å². The van der Waals surface area contributed by atoms with Gasteiger partial charge < -0.3 is 10.1 Å². The van der Waals surface area contributed by atoms with Crippen molar-refractivity contribution < 1.29 is 4.74 Å². The molecule has 2 aromatic rings. The first kappa shape index (κ1) is 14.3. The molecule has 0 saturated heterocycles. The molecule has 0 aliphatic heterocycles. The van der Waals surface area contributed by atoms with Crippen molar-refractivity contribution in [1.82, 2.24) is 10.3 Å². The molecule has 0 spiro atoms. The van der Waals surface area contributed by atoms with Gasteiger partial charge in [-0.25, -0.2) is 4.98 Å². The lowest BCUT2D eigenvalue weighted by Crippen LogP contribution is -2.06. The summed E-state index contributed by atoms with van der Waals surface area (Å²) in [4.78, 5) is 4.23. The van der Waals surface area contributed by atoms with Crippen LogP contribution >= 0.6 is 27.5 Å². The van der Waals surface area contributed by atoms with Crippen LogP contribution in [0.5, 0.6) is 5.88 Å². The highest BCUT2D eigenvalue weighted by Gasteiger charge is 2.05. The van der Waals surface area contributed by atoms with Crippen LogP contribution in [0.1, 0.15) is 11.1 Å². The van der Waals surface area contributed by atoms with E-state index in [0.29, 0.717) is 17.5 Å². The van der Waals surface area contributed by atoms with Crippen molar-refractivity contribution in [3.05, 3.63) is 57.2 Å². The molecule has 1 N–H and O–H groups in total. The van der Waals surface area contributed by atoms with Crippen molar-refractivity contribution in [2.45, 2.75) is 13.2 Å². The number of rotatable bonds is 5. The van der Waals surface area contributed by atoms with Crippen LogP contribution in [0.25, 0.3) is 0 Å². The Balaban J connectivity index is 2.01. The van der Waals surface area contributed by atoms with E-state index in [-0.39, 0.29) is 0 Å². The van der Waals surface area contributed by atoms with E-state index in [4.69, 9.17) is 16.3 Å². The fourth-order valence-corrected chi connectivity index (χ4v) is 2.11. The lowest BCUT2D eigenvalue weighted by molar-refractivity contribution is 0.294. The van der Waals surface area contributed by atoms with Crippen LogP contribution in [0.2, 0.25) is 5.02 Å². The molecule has 3 nitrogen and oxygen atoms in total. The Morgan fingerprint density at radius 3 is 2.63 bits per heavy atom. The summed E-state index contributed by atoms with van der Waals surface area (Å²) in [7, 11) is 1.88. The quantitative estimate of drug-likeness (QED) is 0.898. The zero-order valence-electron chi connectivity index (χ0n) is 10.5. The molecule has 0 unspecified atom stereocenters. The summed E-state index contributed by atoms with van der Waals surface area (Å²) >= 11 is 9.53. The van der Waals surface area contributed by atoms with Gasteiger partial charge in [-0.15, -0.1) is 0 Å². The third-order valence-corrected chi connectivity index (χ3v) is 3.33. The maximum absolute atomic E-state index is 6.13. The highest BCUT2D eigenvalue weighted by atomic mass is 79.9. The SMILES string of the molecule is CNCc1cnc(OCc2ccc(Br)cc2)c(Cl)c1. The molecular weight excluding hydrogens is 328 g/mol. The van der Waals surface area contributed by atoms with Crippen LogP contribution in [0.15, 0.2) is 41.0 Å². The van der Waals surface area contributed by atoms with Crippen LogP contribution in [0.3, 0.4) is 0 Å². The van der Waals surface area contributed by atoms with Crippen molar-refractivity contribution in [1.29, 1.82) is 0 Å². The third-order valence-electron chi connectivity index (χ3n) is 2.53. The van der Waals surface area contributed by atoms with Crippen LogP contribution in [0, 0.1) is 0 Å². The van der Waals surface area contributed by atoms with Gasteiger partial charge in [0.1, 0.15) is 11.6 Å². The lowest BCUT2D eigenvalue weighted by Gasteiger charge is -2.08. The average Bonchev–Trinajstić information content (AvgIpc) is 2.40. The fourth-order valence-electron chi connectivity index (χ4n) is 1.60. The summed E-state index contributed by atoms with van der Waals surface area (Å²) in [5.41, 5.74) is 2.10. The predicted molar refractivity (Wildman–Crippen MR) is 80.5 cm³/mol. The van der Waals surface area contributed by atoms with Crippen LogP contribution in [-0.2, 0) is 13.2 Å². The largest absolute Gasteiger partial charge is 0.472 e. The third kappa shape index (κ3) is 4.20. The highest BCUT2D eigenvalue weighted by Crippen LogP contribution is 2.23. The van der Waals surface area contributed by atoms with E-state index in [1.165, 1.54) is 0 Å². The Morgan fingerprint density at radius 1 is 1.26 bits per heavy atom. The van der Waals surface area contributed by atoms with Gasteiger partial charge in [0.15, 0.2) is 0 Å². The first-order valence-electron chi connectivity index (χ1n) is 5.85. The second-order valence-electron chi connectivity index (χ2n) is 4.08. The van der Waals surface area contributed by atoms with Crippen LogP contribution < -0.4 is 10.1 Å². The van der Waals surface area contributed by atoms with Crippen molar-refractivity contribution >= 4 is 27.5 Å². The zero-order chi connectivity index (χ0) is 13.7. The Kier molecular flexibility index (Phi) is 5.19. The summed E-state index contributed by atoms with van der Waals surface area (Å²) in [6.07, 6.45) is 1.76. The van der Waals surface area contributed by atoms with E-state index in [2.05, 4.69) is 26.2 Å². The number of pyridine rings is 1. The predicted octanol–water partition coefficient (Wildman–Crippen LogP) is 3.80. The zero-order valence-corrected chi connectivity index (χ0v) is 12.8. The van der Waals surface area contributed by atoms with E-state index < -0.39 is 0 Å². The molecule has 1 aromatic heterocycles. The number of halogens is 2.